The number of nitrogens with one attached hydrogen (secondary N) is 2. The molecule has 0 aliphatic carbocycles. The maximum Gasteiger partial charge on any atom is 0.238 e. The molecular weight excluding hydrogens is 320 g/mol. The van der Waals surface area contributed by atoms with E-state index in [4.69, 9.17) is 5.14 Å². The van der Waals surface area contributed by atoms with Gasteiger partial charge in [0.1, 0.15) is 0 Å². The zero-order valence-corrected chi connectivity index (χ0v) is 13.7. The molecule has 2 aromatic rings. The lowest BCUT2D eigenvalue weighted by Crippen LogP contribution is -2.36. The predicted molar refractivity (Wildman–Crippen MR) is 89.2 cm³/mol. The Balaban J connectivity index is 1.88. The number of sulfonamides is 1. The van der Waals surface area contributed by atoms with Crippen molar-refractivity contribution in [3.05, 3.63) is 52.2 Å². The van der Waals surface area contributed by atoms with Gasteiger partial charge in [0.15, 0.2) is 5.96 Å². The molecule has 1 aromatic heterocycles. The second-order valence-electron chi connectivity index (χ2n) is 4.60. The molecule has 8 heteroatoms. The van der Waals surface area contributed by atoms with Crippen molar-refractivity contribution in [2.24, 2.45) is 10.1 Å². The van der Waals surface area contributed by atoms with Crippen LogP contribution in [0.3, 0.4) is 0 Å². The van der Waals surface area contributed by atoms with E-state index in [0.717, 1.165) is 5.56 Å². The number of rotatable bonds is 5. The quantitative estimate of drug-likeness (QED) is 0.565. The van der Waals surface area contributed by atoms with Crippen molar-refractivity contribution >= 4 is 27.3 Å². The van der Waals surface area contributed by atoms with E-state index in [2.05, 4.69) is 27.1 Å². The minimum Gasteiger partial charge on any atom is -0.352 e. The molecule has 0 aliphatic heterocycles. The molecule has 6 nitrogen and oxygen atoms in total. The third kappa shape index (κ3) is 4.83. The maximum atomic E-state index is 11.2. The first-order valence-electron chi connectivity index (χ1n) is 6.56. The van der Waals surface area contributed by atoms with Crippen LogP contribution in [0.2, 0.25) is 0 Å². The van der Waals surface area contributed by atoms with E-state index in [1.807, 2.05) is 5.38 Å². The van der Waals surface area contributed by atoms with Gasteiger partial charge in [-0.05, 0) is 40.1 Å². The third-order valence-corrected chi connectivity index (χ3v) is 4.64. The molecule has 118 valence electrons. The third-order valence-electron chi connectivity index (χ3n) is 2.98. The molecule has 0 saturated heterocycles. The fraction of sp³-hybridized carbons (Fsp3) is 0.214. The highest BCUT2D eigenvalue weighted by Gasteiger charge is 2.06. The van der Waals surface area contributed by atoms with Crippen molar-refractivity contribution in [1.29, 1.82) is 0 Å². The number of hydrogen-bond acceptors (Lipinski definition) is 4. The average Bonchev–Trinajstić information content (AvgIpc) is 3.00. The van der Waals surface area contributed by atoms with Gasteiger partial charge >= 0.3 is 0 Å². The first-order valence-corrected chi connectivity index (χ1v) is 9.05. The Morgan fingerprint density at radius 2 is 1.77 bits per heavy atom. The summed E-state index contributed by atoms with van der Waals surface area (Å²) in [5.74, 6) is 0.682. The van der Waals surface area contributed by atoms with Crippen LogP contribution in [0.1, 0.15) is 11.1 Å². The minimum absolute atomic E-state index is 0.108. The maximum absolute atomic E-state index is 11.2. The lowest BCUT2D eigenvalue weighted by Gasteiger charge is -2.11. The van der Waals surface area contributed by atoms with Crippen LogP contribution in [0.15, 0.2) is 51.0 Å². The van der Waals surface area contributed by atoms with Gasteiger partial charge < -0.3 is 10.6 Å². The van der Waals surface area contributed by atoms with E-state index in [9.17, 15) is 8.42 Å². The lowest BCUT2D eigenvalue weighted by molar-refractivity contribution is 0.597. The molecule has 0 unspecified atom stereocenters. The Kier molecular flexibility index (Phi) is 5.53. The van der Waals surface area contributed by atoms with E-state index in [-0.39, 0.29) is 4.90 Å². The van der Waals surface area contributed by atoms with E-state index in [1.165, 1.54) is 17.7 Å². The summed E-state index contributed by atoms with van der Waals surface area (Å²) in [4.78, 5) is 4.25. The summed E-state index contributed by atoms with van der Waals surface area (Å²) in [6.07, 6.45) is 0. The van der Waals surface area contributed by atoms with Crippen LogP contribution in [0, 0.1) is 0 Å². The van der Waals surface area contributed by atoms with Gasteiger partial charge in [-0.1, -0.05) is 12.1 Å². The van der Waals surface area contributed by atoms with Gasteiger partial charge in [0.25, 0.3) is 0 Å². The van der Waals surface area contributed by atoms with Crippen LogP contribution in [0.25, 0.3) is 0 Å². The smallest absolute Gasteiger partial charge is 0.238 e. The molecule has 2 rings (SSSR count). The number of nitrogens with two attached hydrogens (primary N) is 1. The molecule has 0 radical (unpaired) electrons. The van der Waals surface area contributed by atoms with Crippen LogP contribution < -0.4 is 15.8 Å². The molecule has 0 aliphatic rings. The predicted octanol–water partition coefficient (Wildman–Crippen LogP) is 1.26. The number of guanidine groups is 1. The molecule has 0 spiro atoms. The van der Waals surface area contributed by atoms with Crippen LogP contribution in [0.4, 0.5) is 0 Å². The fourth-order valence-corrected chi connectivity index (χ4v) is 2.97. The summed E-state index contributed by atoms with van der Waals surface area (Å²) < 4.78 is 22.4. The molecule has 0 amide bonds. The summed E-state index contributed by atoms with van der Waals surface area (Å²) >= 11 is 1.65. The first-order chi connectivity index (χ1) is 10.5. The van der Waals surface area contributed by atoms with Gasteiger partial charge in [-0.2, -0.15) is 11.3 Å². The summed E-state index contributed by atoms with van der Waals surface area (Å²) in [5.41, 5.74) is 2.14. The lowest BCUT2D eigenvalue weighted by atomic mass is 10.2. The Hall–Kier alpha value is -1.90. The number of thiophene rings is 1. The summed E-state index contributed by atoms with van der Waals surface area (Å²) in [6, 6.07) is 8.48. The van der Waals surface area contributed by atoms with Crippen LogP contribution >= 0.6 is 11.3 Å². The highest BCUT2D eigenvalue weighted by atomic mass is 32.2. The van der Waals surface area contributed by atoms with Gasteiger partial charge in [-0.15, -0.1) is 0 Å². The van der Waals surface area contributed by atoms with E-state index in [1.54, 1.807) is 30.5 Å². The van der Waals surface area contributed by atoms with Gasteiger partial charge in [-0.25, -0.2) is 13.6 Å². The average molecular weight is 338 g/mol. The van der Waals surface area contributed by atoms with Gasteiger partial charge in [0, 0.05) is 20.1 Å². The fourth-order valence-electron chi connectivity index (χ4n) is 1.78. The van der Waals surface area contributed by atoms with E-state index >= 15 is 0 Å². The van der Waals surface area contributed by atoms with Crippen molar-refractivity contribution in [2.45, 2.75) is 18.0 Å². The first kappa shape index (κ1) is 16.5. The van der Waals surface area contributed by atoms with E-state index in [0.29, 0.717) is 19.0 Å². The second-order valence-corrected chi connectivity index (χ2v) is 6.94. The van der Waals surface area contributed by atoms with Crippen LogP contribution in [-0.4, -0.2) is 21.4 Å². The molecule has 0 fully saturated rings. The Labute approximate surface area is 134 Å². The molecule has 22 heavy (non-hydrogen) atoms. The molecule has 0 atom stereocenters. The van der Waals surface area contributed by atoms with Crippen molar-refractivity contribution < 1.29 is 8.42 Å². The van der Waals surface area contributed by atoms with Crippen molar-refractivity contribution in [2.75, 3.05) is 7.05 Å². The molecular formula is C14H18N4O2S2. The topological polar surface area (TPSA) is 96.6 Å². The number of aliphatic imine (C=N–C) groups is 1. The van der Waals surface area contributed by atoms with Gasteiger partial charge in [0.05, 0.1) is 4.90 Å². The number of hydrogen-bond donors (Lipinski definition) is 3. The van der Waals surface area contributed by atoms with Gasteiger partial charge in [-0.3, -0.25) is 4.99 Å². The Morgan fingerprint density at radius 1 is 1.14 bits per heavy atom. The summed E-state index contributed by atoms with van der Waals surface area (Å²) in [7, 11) is -1.94. The normalized spacial score (nSPS) is 12.2. The summed E-state index contributed by atoms with van der Waals surface area (Å²) in [6.45, 7) is 1.24. The van der Waals surface area contributed by atoms with Crippen molar-refractivity contribution in [3.8, 4) is 0 Å². The van der Waals surface area contributed by atoms with Crippen molar-refractivity contribution in [1.82, 2.24) is 10.6 Å². The SMILES string of the molecule is CN=C(NCc1ccc(S(N)(=O)=O)cc1)NCc1ccsc1. The van der Waals surface area contributed by atoms with Gasteiger partial charge in [0.2, 0.25) is 10.0 Å². The zero-order chi connectivity index (χ0) is 16.0. The standard InChI is InChI=1S/C14H18N4O2S2/c1-16-14(18-9-12-6-7-21-10-12)17-8-11-2-4-13(5-3-11)22(15,19)20/h2-7,10H,8-9H2,1H3,(H2,15,19,20)(H2,16,17,18). The highest BCUT2D eigenvalue weighted by molar-refractivity contribution is 7.89. The Bertz CT molecular complexity index is 723. The molecule has 0 bridgehead atoms. The molecule has 0 saturated carbocycles. The van der Waals surface area contributed by atoms with Crippen LogP contribution in [0.5, 0.6) is 0 Å². The van der Waals surface area contributed by atoms with E-state index < -0.39 is 10.0 Å². The minimum atomic E-state index is -3.64. The molecule has 4 N–H and O–H groups in total. The Morgan fingerprint density at radius 3 is 2.27 bits per heavy atom. The largest absolute Gasteiger partial charge is 0.352 e. The monoisotopic (exact) mass is 338 g/mol. The van der Waals surface area contributed by atoms with Crippen molar-refractivity contribution in [3.63, 3.8) is 0 Å². The number of benzene rings is 1. The molecule has 1 aromatic carbocycles. The summed E-state index contributed by atoms with van der Waals surface area (Å²) in [5, 5.41) is 15.5. The number of nitrogens with zero attached hydrogens (tertiary/aromatic N) is 1. The zero-order valence-electron chi connectivity index (χ0n) is 12.1. The highest BCUT2D eigenvalue weighted by Crippen LogP contribution is 2.08. The number of primary sulfonamides is 1. The molecule has 1 heterocycles. The second kappa shape index (κ2) is 7.39. The van der Waals surface area contributed by atoms with Crippen LogP contribution in [-0.2, 0) is 23.1 Å².